The average Bonchev–Trinajstić information content (AvgIpc) is 2.45. The molecule has 0 aliphatic rings. The van der Waals surface area contributed by atoms with E-state index in [1.54, 1.807) is 6.92 Å². The highest BCUT2D eigenvalue weighted by Gasteiger charge is 2.27. The van der Waals surface area contributed by atoms with Crippen LogP contribution in [-0.4, -0.2) is 22.8 Å². The van der Waals surface area contributed by atoms with Crippen molar-refractivity contribution >= 4 is 21.5 Å². The first-order valence-corrected chi connectivity index (χ1v) is 8.03. The fraction of sp³-hybridized carbons (Fsp3) is 0.143. The molecule has 0 unspecified atom stereocenters. The van der Waals surface area contributed by atoms with Gasteiger partial charge in [-0.05, 0) is 24.6 Å². The van der Waals surface area contributed by atoms with Crippen LogP contribution in [0.1, 0.15) is 16.7 Å². The Morgan fingerprint density at radius 2 is 1.58 bits per heavy atom. The van der Waals surface area contributed by atoms with E-state index in [2.05, 4.69) is 0 Å². The maximum Gasteiger partial charge on any atom is 0.294 e. The highest BCUT2D eigenvalue weighted by molar-refractivity contribution is 7.85. The van der Waals surface area contributed by atoms with Crippen LogP contribution in [0.25, 0.3) is 0 Å². The van der Waals surface area contributed by atoms with Crippen LogP contribution in [0, 0.1) is 27.2 Å². The Hall–Kier alpha value is -2.85. The zero-order valence-electron chi connectivity index (χ0n) is 12.4. The zero-order valence-corrected chi connectivity index (χ0v) is 13.2. The number of nitro groups is 2. The van der Waals surface area contributed by atoms with Gasteiger partial charge in [0.2, 0.25) is 0 Å². The van der Waals surface area contributed by atoms with Gasteiger partial charge in [-0.3, -0.25) is 24.8 Å². The van der Waals surface area contributed by atoms with Crippen LogP contribution in [0.5, 0.6) is 0 Å². The van der Waals surface area contributed by atoms with Gasteiger partial charge >= 0.3 is 0 Å². The first-order chi connectivity index (χ1) is 11.1. The summed E-state index contributed by atoms with van der Waals surface area (Å²) >= 11 is 0. The minimum atomic E-state index is -4.58. The van der Waals surface area contributed by atoms with Crippen molar-refractivity contribution in [1.29, 1.82) is 0 Å². The lowest BCUT2D eigenvalue weighted by Crippen LogP contribution is -2.07. The van der Waals surface area contributed by atoms with Gasteiger partial charge in [-0.1, -0.05) is 17.7 Å². The summed E-state index contributed by atoms with van der Waals surface area (Å²) in [5, 5.41) is 22.3. The molecule has 2 aromatic carbocycles. The molecule has 0 radical (unpaired) electrons. The molecule has 0 aliphatic carbocycles. The van der Waals surface area contributed by atoms with E-state index in [9.17, 15) is 33.2 Å². The second-order valence-electron chi connectivity index (χ2n) is 5.05. The van der Waals surface area contributed by atoms with Crippen molar-refractivity contribution in [2.24, 2.45) is 0 Å². The van der Waals surface area contributed by atoms with Crippen LogP contribution in [-0.2, 0) is 16.5 Å². The molecule has 0 saturated heterocycles. The third-order valence-corrected chi connectivity index (χ3v) is 4.34. The fourth-order valence-corrected chi connectivity index (χ4v) is 3.08. The van der Waals surface area contributed by atoms with E-state index in [0.29, 0.717) is 5.56 Å². The molecule has 2 rings (SSSR count). The standard InChI is InChI=1S/C14H12N2O7S/c1-9-5-6-14(24(21,22)23)10(7-9)8-11-12(15(17)18)3-2-4-13(11)16(19)20/h2-7H,8H2,1H3,(H,21,22,23). The second-order valence-corrected chi connectivity index (χ2v) is 6.44. The molecule has 126 valence electrons. The van der Waals surface area contributed by atoms with Gasteiger partial charge in [-0.15, -0.1) is 0 Å². The zero-order chi connectivity index (χ0) is 18.1. The summed E-state index contributed by atoms with van der Waals surface area (Å²) in [7, 11) is -4.58. The van der Waals surface area contributed by atoms with Crippen LogP contribution < -0.4 is 0 Å². The van der Waals surface area contributed by atoms with E-state index >= 15 is 0 Å². The van der Waals surface area contributed by atoms with Gasteiger partial charge in [-0.2, -0.15) is 8.42 Å². The van der Waals surface area contributed by atoms with Crippen molar-refractivity contribution < 1.29 is 22.8 Å². The minimum Gasteiger partial charge on any atom is -0.282 e. The summed E-state index contributed by atoms with van der Waals surface area (Å²) in [6, 6.07) is 7.39. The van der Waals surface area contributed by atoms with Crippen LogP contribution >= 0.6 is 0 Å². The summed E-state index contributed by atoms with van der Waals surface area (Å²) < 4.78 is 32.3. The Morgan fingerprint density at radius 1 is 1.04 bits per heavy atom. The Morgan fingerprint density at radius 3 is 2.04 bits per heavy atom. The van der Waals surface area contributed by atoms with E-state index in [1.807, 2.05) is 0 Å². The van der Waals surface area contributed by atoms with Gasteiger partial charge in [0, 0.05) is 18.6 Å². The lowest BCUT2D eigenvalue weighted by Gasteiger charge is -2.09. The van der Waals surface area contributed by atoms with E-state index in [0.717, 1.165) is 18.2 Å². The number of benzene rings is 2. The number of hydrogen-bond donors (Lipinski definition) is 1. The first-order valence-electron chi connectivity index (χ1n) is 6.59. The predicted molar refractivity (Wildman–Crippen MR) is 83.6 cm³/mol. The number of rotatable bonds is 5. The Bertz CT molecular complexity index is 906. The van der Waals surface area contributed by atoms with Gasteiger partial charge in [-0.25, -0.2) is 0 Å². The number of nitro benzene ring substituents is 2. The molecule has 9 nitrogen and oxygen atoms in total. The summed E-state index contributed by atoms with van der Waals surface area (Å²) in [6.45, 7) is 1.66. The highest BCUT2D eigenvalue weighted by Crippen LogP contribution is 2.32. The molecular weight excluding hydrogens is 340 g/mol. The van der Waals surface area contributed by atoms with Crippen LogP contribution in [0.2, 0.25) is 0 Å². The molecule has 0 atom stereocenters. The predicted octanol–water partition coefficient (Wildman–Crippen LogP) is 2.65. The van der Waals surface area contributed by atoms with Crippen molar-refractivity contribution in [3.05, 3.63) is 73.3 Å². The maximum absolute atomic E-state index is 11.5. The average molecular weight is 352 g/mol. The van der Waals surface area contributed by atoms with Gasteiger partial charge in [0.25, 0.3) is 21.5 Å². The Kier molecular flexibility index (Phi) is 4.62. The van der Waals surface area contributed by atoms with E-state index in [-0.39, 0.29) is 17.5 Å². The lowest BCUT2D eigenvalue weighted by molar-refractivity contribution is -0.395. The molecule has 2 aromatic rings. The lowest BCUT2D eigenvalue weighted by atomic mass is 10.00. The Balaban J connectivity index is 2.71. The third kappa shape index (κ3) is 3.55. The molecular formula is C14H12N2O7S. The molecule has 10 heteroatoms. The maximum atomic E-state index is 11.5. The fourth-order valence-electron chi connectivity index (χ4n) is 2.37. The topological polar surface area (TPSA) is 141 Å². The second kappa shape index (κ2) is 6.34. The molecule has 24 heavy (non-hydrogen) atoms. The monoisotopic (exact) mass is 352 g/mol. The van der Waals surface area contributed by atoms with Crippen molar-refractivity contribution in [3.8, 4) is 0 Å². The molecule has 1 N–H and O–H groups in total. The van der Waals surface area contributed by atoms with Gasteiger partial charge in [0.1, 0.15) is 5.56 Å². The first kappa shape index (κ1) is 17.5. The van der Waals surface area contributed by atoms with Gasteiger partial charge in [0.15, 0.2) is 0 Å². The third-order valence-electron chi connectivity index (χ3n) is 3.38. The molecule has 0 aromatic heterocycles. The van der Waals surface area contributed by atoms with Crippen LogP contribution in [0.3, 0.4) is 0 Å². The summed E-state index contributed by atoms with van der Waals surface area (Å²) in [6.07, 6.45) is -0.385. The molecule has 0 fully saturated rings. The molecule has 0 saturated carbocycles. The van der Waals surface area contributed by atoms with Crippen molar-refractivity contribution in [2.75, 3.05) is 0 Å². The van der Waals surface area contributed by atoms with Crippen molar-refractivity contribution in [3.63, 3.8) is 0 Å². The summed E-state index contributed by atoms with van der Waals surface area (Å²) in [5.41, 5.74) is -0.546. The molecule has 0 heterocycles. The van der Waals surface area contributed by atoms with E-state index in [1.165, 1.54) is 18.2 Å². The molecule has 0 aliphatic heterocycles. The molecule has 0 bridgehead atoms. The number of aryl methyl sites for hydroxylation is 1. The normalized spacial score (nSPS) is 11.2. The van der Waals surface area contributed by atoms with Crippen molar-refractivity contribution in [2.45, 2.75) is 18.2 Å². The van der Waals surface area contributed by atoms with Crippen LogP contribution in [0.4, 0.5) is 11.4 Å². The van der Waals surface area contributed by atoms with Gasteiger partial charge < -0.3 is 0 Å². The smallest absolute Gasteiger partial charge is 0.282 e. The number of nitrogens with zero attached hydrogens (tertiary/aromatic N) is 2. The SMILES string of the molecule is Cc1ccc(S(=O)(=O)O)c(Cc2c([N+](=O)[O-])cccc2[N+](=O)[O-])c1. The minimum absolute atomic E-state index is 0.0369. The molecule has 0 spiro atoms. The summed E-state index contributed by atoms with van der Waals surface area (Å²) in [4.78, 5) is 20.3. The summed E-state index contributed by atoms with van der Waals surface area (Å²) in [5.74, 6) is 0. The van der Waals surface area contributed by atoms with Gasteiger partial charge in [0.05, 0.1) is 14.7 Å². The van der Waals surface area contributed by atoms with Crippen LogP contribution in [0.15, 0.2) is 41.3 Å². The van der Waals surface area contributed by atoms with Crippen molar-refractivity contribution in [1.82, 2.24) is 0 Å². The number of hydrogen-bond acceptors (Lipinski definition) is 6. The van der Waals surface area contributed by atoms with E-state index in [4.69, 9.17) is 0 Å². The largest absolute Gasteiger partial charge is 0.294 e. The quantitative estimate of drug-likeness (QED) is 0.495. The molecule has 0 amide bonds. The van der Waals surface area contributed by atoms with E-state index < -0.39 is 36.2 Å². The highest BCUT2D eigenvalue weighted by atomic mass is 32.2. The Labute approximate surface area is 136 Å².